The van der Waals surface area contributed by atoms with E-state index in [0.29, 0.717) is 24.1 Å². The first-order valence-corrected chi connectivity index (χ1v) is 7.43. The zero-order valence-corrected chi connectivity index (χ0v) is 12.4. The molecule has 0 unspecified atom stereocenters. The molecule has 1 aromatic rings. The van der Waals surface area contributed by atoms with Crippen LogP contribution < -0.4 is 11.1 Å². The van der Waals surface area contributed by atoms with Crippen LogP contribution in [-0.2, 0) is 4.79 Å². The Hall–Kier alpha value is -1.46. The van der Waals surface area contributed by atoms with Crippen molar-refractivity contribution in [3.05, 3.63) is 30.3 Å². The van der Waals surface area contributed by atoms with E-state index < -0.39 is 0 Å². The maximum Gasteiger partial charge on any atom is 0.238 e. The Balaban J connectivity index is 1.92. The Labute approximate surface area is 125 Å². The first kappa shape index (κ1) is 14.9. The third-order valence-corrected chi connectivity index (χ3v) is 3.73. The van der Waals surface area contributed by atoms with Crippen LogP contribution in [0, 0.1) is 0 Å². The molecule has 0 heterocycles. The lowest BCUT2D eigenvalue weighted by Crippen LogP contribution is -2.43. The Morgan fingerprint density at radius 2 is 1.90 bits per heavy atom. The van der Waals surface area contributed by atoms with Crippen LogP contribution >= 0.6 is 12.2 Å². The maximum atomic E-state index is 12.1. The number of nitrogens with one attached hydrogen (secondary N) is 1. The van der Waals surface area contributed by atoms with Crippen LogP contribution in [0.4, 0.5) is 5.69 Å². The number of nitrogens with zero attached hydrogens (tertiary/aromatic N) is 1. The molecule has 3 N–H and O–H groups in total. The molecular weight excluding hydrogens is 270 g/mol. The lowest BCUT2D eigenvalue weighted by molar-refractivity contribution is -0.117. The predicted octanol–water partition coefficient (Wildman–Crippen LogP) is 2.16. The summed E-state index contributed by atoms with van der Waals surface area (Å²) in [4.78, 5) is 14.7. The number of rotatable bonds is 6. The average Bonchev–Trinajstić information content (AvgIpc) is 2.92. The quantitative estimate of drug-likeness (QED) is 0.789. The van der Waals surface area contributed by atoms with Gasteiger partial charge >= 0.3 is 0 Å². The van der Waals surface area contributed by atoms with Gasteiger partial charge in [0.15, 0.2) is 0 Å². The molecule has 20 heavy (non-hydrogen) atoms. The van der Waals surface area contributed by atoms with Gasteiger partial charge in [-0.2, -0.15) is 0 Å². The van der Waals surface area contributed by atoms with E-state index in [1.807, 2.05) is 30.3 Å². The van der Waals surface area contributed by atoms with E-state index in [4.69, 9.17) is 18.0 Å². The molecule has 1 aliphatic rings. The van der Waals surface area contributed by atoms with Gasteiger partial charge in [0.25, 0.3) is 0 Å². The largest absolute Gasteiger partial charge is 0.392 e. The van der Waals surface area contributed by atoms with E-state index in [9.17, 15) is 4.79 Å². The van der Waals surface area contributed by atoms with Crippen molar-refractivity contribution in [2.24, 2.45) is 5.73 Å². The van der Waals surface area contributed by atoms with Crippen molar-refractivity contribution in [3.8, 4) is 0 Å². The molecule has 108 valence electrons. The van der Waals surface area contributed by atoms with E-state index >= 15 is 0 Å². The van der Waals surface area contributed by atoms with Crippen molar-refractivity contribution in [2.75, 3.05) is 18.4 Å². The van der Waals surface area contributed by atoms with Crippen molar-refractivity contribution >= 4 is 28.8 Å². The number of nitrogens with two attached hydrogens (primary N) is 1. The highest BCUT2D eigenvalue weighted by molar-refractivity contribution is 7.80. The van der Waals surface area contributed by atoms with Gasteiger partial charge in [-0.05, 0) is 25.0 Å². The molecule has 1 amide bonds. The molecule has 0 radical (unpaired) electrons. The van der Waals surface area contributed by atoms with Crippen LogP contribution in [0.15, 0.2) is 30.3 Å². The average molecular weight is 291 g/mol. The maximum absolute atomic E-state index is 12.1. The second-order valence-electron chi connectivity index (χ2n) is 5.22. The van der Waals surface area contributed by atoms with Crippen LogP contribution in [0.3, 0.4) is 0 Å². The predicted molar refractivity (Wildman–Crippen MR) is 85.7 cm³/mol. The van der Waals surface area contributed by atoms with Gasteiger partial charge in [0.2, 0.25) is 5.91 Å². The number of hydrogen-bond donors (Lipinski definition) is 2. The number of carbonyl (C=O) groups is 1. The van der Waals surface area contributed by atoms with Gasteiger partial charge < -0.3 is 11.1 Å². The molecule has 0 saturated heterocycles. The lowest BCUT2D eigenvalue weighted by atomic mass is 10.2. The van der Waals surface area contributed by atoms with Crippen LogP contribution in [0.1, 0.15) is 25.7 Å². The summed E-state index contributed by atoms with van der Waals surface area (Å²) in [6, 6.07) is 9.92. The molecular formula is C15H21N3OS. The molecule has 2 rings (SSSR count). The van der Waals surface area contributed by atoms with Crippen molar-refractivity contribution < 1.29 is 4.79 Å². The third kappa shape index (κ3) is 4.58. The zero-order chi connectivity index (χ0) is 14.4. The summed E-state index contributed by atoms with van der Waals surface area (Å²) < 4.78 is 0. The van der Waals surface area contributed by atoms with Crippen LogP contribution in [0.5, 0.6) is 0 Å². The summed E-state index contributed by atoms with van der Waals surface area (Å²) in [5, 5.41) is 2.90. The molecule has 5 heteroatoms. The Kier molecular flexibility index (Phi) is 5.49. The minimum Gasteiger partial charge on any atom is -0.392 e. The van der Waals surface area contributed by atoms with Crippen LogP contribution in [0.25, 0.3) is 0 Å². The first-order chi connectivity index (χ1) is 9.65. The molecule has 1 saturated carbocycles. The van der Waals surface area contributed by atoms with Gasteiger partial charge in [-0.3, -0.25) is 9.69 Å². The van der Waals surface area contributed by atoms with Gasteiger partial charge in [-0.15, -0.1) is 0 Å². The van der Waals surface area contributed by atoms with Gasteiger partial charge in [0.05, 0.1) is 11.5 Å². The summed E-state index contributed by atoms with van der Waals surface area (Å²) in [6.45, 7) is 0.860. The molecule has 1 fully saturated rings. The summed E-state index contributed by atoms with van der Waals surface area (Å²) in [7, 11) is 0. The second kappa shape index (κ2) is 7.36. The molecule has 0 aromatic heterocycles. The second-order valence-corrected chi connectivity index (χ2v) is 5.75. The SMILES string of the molecule is NC(=S)CN(CC(=O)Nc1ccccc1)C1CCCC1. The number of hydrogen-bond acceptors (Lipinski definition) is 3. The van der Waals surface area contributed by atoms with Crippen LogP contribution in [0.2, 0.25) is 0 Å². The minimum atomic E-state index is -0.0145. The van der Waals surface area contributed by atoms with E-state index in [1.165, 1.54) is 12.8 Å². The highest BCUT2D eigenvalue weighted by Gasteiger charge is 2.24. The Morgan fingerprint density at radius 1 is 1.25 bits per heavy atom. The number of anilines is 1. The summed E-state index contributed by atoms with van der Waals surface area (Å²) in [5.41, 5.74) is 6.47. The van der Waals surface area contributed by atoms with E-state index in [2.05, 4.69) is 10.2 Å². The molecule has 1 aromatic carbocycles. The summed E-state index contributed by atoms with van der Waals surface area (Å²) in [6.07, 6.45) is 4.69. The number of amides is 1. The number of benzene rings is 1. The minimum absolute atomic E-state index is 0.0145. The van der Waals surface area contributed by atoms with Gasteiger partial charge in [-0.25, -0.2) is 0 Å². The van der Waals surface area contributed by atoms with E-state index in [-0.39, 0.29) is 5.91 Å². The standard InChI is InChI=1S/C15H21N3OS/c16-14(20)10-18(13-8-4-5-9-13)11-15(19)17-12-6-2-1-3-7-12/h1-3,6-7,13H,4-5,8-11H2,(H2,16,20)(H,17,19). The van der Waals surface area contributed by atoms with Gasteiger partial charge in [0, 0.05) is 18.3 Å². The first-order valence-electron chi connectivity index (χ1n) is 7.02. The zero-order valence-electron chi connectivity index (χ0n) is 11.5. The summed E-state index contributed by atoms with van der Waals surface area (Å²) >= 11 is 4.99. The molecule has 1 aliphatic carbocycles. The van der Waals surface area contributed by atoms with Gasteiger partial charge in [0.1, 0.15) is 0 Å². The fourth-order valence-electron chi connectivity index (χ4n) is 2.69. The molecule has 4 nitrogen and oxygen atoms in total. The highest BCUT2D eigenvalue weighted by Crippen LogP contribution is 2.23. The Morgan fingerprint density at radius 3 is 2.50 bits per heavy atom. The monoisotopic (exact) mass is 291 g/mol. The van der Waals surface area contributed by atoms with Crippen molar-refractivity contribution in [2.45, 2.75) is 31.7 Å². The van der Waals surface area contributed by atoms with Crippen molar-refractivity contribution in [1.29, 1.82) is 0 Å². The smallest absolute Gasteiger partial charge is 0.238 e. The number of para-hydroxylation sites is 1. The molecule has 0 spiro atoms. The fraction of sp³-hybridized carbons (Fsp3) is 0.467. The highest BCUT2D eigenvalue weighted by atomic mass is 32.1. The normalized spacial score (nSPS) is 15.4. The molecule has 0 bridgehead atoms. The number of carbonyl (C=O) groups excluding carboxylic acids is 1. The van der Waals surface area contributed by atoms with Crippen molar-refractivity contribution in [1.82, 2.24) is 4.90 Å². The van der Waals surface area contributed by atoms with Gasteiger partial charge in [-0.1, -0.05) is 43.3 Å². The fourth-order valence-corrected chi connectivity index (χ4v) is 2.86. The molecule has 0 atom stereocenters. The van der Waals surface area contributed by atoms with Crippen LogP contribution in [-0.4, -0.2) is 34.9 Å². The summed E-state index contributed by atoms with van der Waals surface area (Å²) in [5.74, 6) is -0.0145. The van der Waals surface area contributed by atoms with Crippen molar-refractivity contribution in [3.63, 3.8) is 0 Å². The van der Waals surface area contributed by atoms with E-state index in [1.54, 1.807) is 0 Å². The van der Waals surface area contributed by atoms with E-state index in [0.717, 1.165) is 18.5 Å². The Bertz CT molecular complexity index is 457. The topological polar surface area (TPSA) is 58.4 Å². The third-order valence-electron chi connectivity index (χ3n) is 3.60. The lowest BCUT2D eigenvalue weighted by Gasteiger charge is -2.27. The molecule has 0 aliphatic heterocycles. The number of thiocarbonyl (C=S) groups is 1.